The van der Waals surface area contributed by atoms with Crippen LogP contribution < -0.4 is 9.47 Å². The number of para-hydroxylation sites is 1. The number of nitrogens with zero attached hydrogens (tertiary/aromatic N) is 3. The van der Waals surface area contributed by atoms with Gasteiger partial charge in [-0.25, -0.2) is 4.98 Å². The lowest BCUT2D eigenvalue weighted by Gasteiger charge is -2.24. The molecule has 0 spiro atoms. The highest BCUT2D eigenvalue weighted by Crippen LogP contribution is 2.42. The maximum absolute atomic E-state index is 13.9. The van der Waals surface area contributed by atoms with Crippen LogP contribution in [0.4, 0.5) is 13.2 Å². The van der Waals surface area contributed by atoms with Gasteiger partial charge in [-0.05, 0) is 18.2 Å². The molecule has 0 N–H and O–H groups in total. The number of hydrogen-bond donors (Lipinski definition) is 0. The molecule has 0 aliphatic rings. The van der Waals surface area contributed by atoms with Crippen molar-refractivity contribution < 1.29 is 22.6 Å². The van der Waals surface area contributed by atoms with E-state index in [1.165, 1.54) is 51.1 Å². The summed E-state index contributed by atoms with van der Waals surface area (Å²) in [6, 6.07) is 5.90. The normalized spacial score (nSPS) is 12.7. The number of benzene rings is 1. The first-order valence-corrected chi connectivity index (χ1v) is 7.68. The lowest BCUT2D eigenvalue weighted by molar-refractivity contribution is -0.156. The van der Waals surface area contributed by atoms with Crippen LogP contribution in [0.25, 0.3) is 11.4 Å². The molecule has 3 aromatic rings. The smallest absolute Gasteiger partial charge is 0.413 e. The van der Waals surface area contributed by atoms with Crippen molar-refractivity contribution in [3.05, 3.63) is 60.7 Å². The molecule has 0 unspecified atom stereocenters. The Bertz CT molecular complexity index is 879. The van der Waals surface area contributed by atoms with E-state index in [2.05, 4.69) is 9.97 Å². The van der Waals surface area contributed by atoms with Gasteiger partial charge in [0.05, 0.1) is 19.8 Å². The molecular weight excluding hydrogens is 347 g/mol. The third kappa shape index (κ3) is 3.22. The zero-order valence-corrected chi connectivity index (χ0v) is 14.1. The van der Waals surface area contributed by atoms with Crippen molar-refractivity contribution in [2.75, 3.05) is 14.2 Å². The van der Waals surface area contributed by atoms with Crippen molar-refractivity contribution in [1.82, 2.24) is 14.5 Å². The van der Waals surface area contributed by atoms with Crippen LogP contribution in [0.5, 0.6) is 11.5 Å². The van der Waals surface area contributed by atoms with Gasteiger partial charge in [-0.3, -0.25) is 4.98 Å². The summed E-state index contributed by atoms with van der Waals surface area (Å²) in [4.78, 5) is 7.95. The summed E-state index contributed by atoms with van der Waals surface area (Å²) in [6.45, 7) is 0. The highest BCUT2D eigenvalue weighted by atomic mass is 19.4. The second kappa shape index (κ2) is 7.07. The van der Waals surface area contributed by atoms with Crippen molar-refractivity contribution in [2.45, 2.75) is 12.2 Å². The summed E-state index contributed by atoms with van der Waals surface area (Å²) >= 11 is 0. The van der Waals surface area contributed by atoms with Gasteiger partial charge in [-0.2, -0.15) is 13.2 Å². The van der Waals surface area contributed by atoms with Gasteiger partial charge in [-0.15, -0.1) is 0 Å². The second-order valence-corrected chi connectivity index (χ2v) is 5.43. The number of ether oxygens (including phenoxy) is 2. The Labute approximate surface area is 148 Å². The van der Waals surface area contributed by atoms with Crippen LogP contribution in [-0.4, -0.2) is 34.9 Å². The Morgan fingerprint density at radius 1 is 1.04 bits per heavy atom. The van der Waals surface area contributed by atoms with Gasteiger partial charge in [0, 0.05) is 30.4 Å². The van der Waals surface area contributed by atoms with Crippen LogP contribution >= 0.6 is 0 Å². The molecule has 2 heterocycles. The van der Waals surface area contributed by atoms with E-state index in [0.717, 1.165) is 4.57 Å². The van der Waals surface area contributed by atoms with Crippen molar-refractivity contribution >= 4 is 0 Å². The van der Waals surface area contributed by atoms with Crippen molar-refractivity contribution in [1.29, 1.82) is 0 Å². The Morgan fingerprint density at radius 3 is 2.46 bits per heavy atom. The molecule has 0 saturated carbocycles. The molecule has 26 heavy (non-hydrogen) atoms. The summed E-state index contributed by atoms with van der Waals surface area (Å²) in [5, 5.41) is 0. The van der Waals surface area contributed by atoms with E-state index in [1.807, 2.05) is 0 Å². The van der Waals surface area contributed by atoms with Crippen molar-refractivity contribution in [2.24, 2.45) is 0 Å². The highest BCUT2D eigenvalue weighted by molar-refractivity contribution is 5.69. The van der Waals surface area contributed by atoms with E-state index in [-0.39, 0.29) is 11.4 Å². The van der Waals surface area contributed by atoms with Crippen LogP contribution in [0, 0.1) is 0 Å². The quantitative estimate of drug-likeness (QED) is 0.684. The minimum Gasteiger partial charge on any atom is -0.493 e. The molecular formula is C18H16F3N3O2. The SMILES string of the molecule is COc1cccc(-c2nccn2[C@H](c2cccnc2)C(F)(F)F)c1OC. The Hall–Kier alpha value is -3.03. The first kappa shape index (κ1) is 17.8. The average Bonchev–Trinajstić information content (AvgIpc) is 3.09. The van der Waals surface area contributed by atoms with Gasteiger partial charge in [-0.1, -0.05) is 12.1 Å². The van der Waals surface area contributed by atoms with Gasteiger partial charge in [0.25, 0.3) is 0 Å². The fourth-order valence-corrected chi connectivity index (χ4v) is 2.84. The fourth-order valence-electron chi connectivity index (χ4n) is 2.84. The van der Waals surface area contributed by atoms with Crippen molar-refractivity contribution in [3.63, 3.8) is 0 Å². The molecule has 0 aliphatic heterocycles. The molecule has 2 aromatic heterocycles. The van der Waals surface area contributed by atoms with E-state index in [1.54, 1.807) is 18.2 Å². The molecule has 8 heteroatoms. The summed E-state index contributed by atoms with van der Waals surface area (Å²) in [6.07, 6.45) is 0.703. The summed E-state index contributed by atoms with van der Waals surface area (Å²) in [5.74, 6) is 0.839. The van der Waals surface area contributed by atoms with Crippen LogP contribution in [0.15, 0.2) is 55.1 Å². The fraction of sp³-hybridized carbons (Fsp3) is 0.222. The van der Waals surface area contributed by atoms with Gasteiger partial charge in [0.1, 0.15) is 5.82 Å². The third-order valence-electron chi connectivity index (χ3n) is 3.90. The number of rotatable bonds is 5. The number of hydrogen-bond acceptors (Lipinski definition) is 4. The molecule has 0 fully saturated rings. The van der Waals surface area contributed by atoms with E-state index in [9.17, 15) is 13.2 Å². The third-order valence-corrected chi connectivity index (χ3v) is 3.90. The molecule has 1 atom stereocenters. The molecule has 0 saturated heterocycles. The Kier molecular flexibility index (Phi) is 4.83. The standard InChI is InChI=1S/C18H16F3N3O2/c1-25-14-7-3-6-13(15(14)26-2)17-23-9-10-24(17)16(18(19,20)21)12-5-4-8-22-11-12/h3-11,16H,1-2H3/t16-/m1/s1. The van der Waals surface area contributed by atoms with Crippen molar-refractivity contribution in [3.8, 4) is 22.9 Å². The number of alkyl halides is 3. The van der Waals surface area contributed by atoms with Crippen LogP contribution in [0.1, 0.15) is 11.6 Å². The van der Waals surface area contributed by atoms with Gasteiger partial charge >= 0.3 is 6.18 Å². The second-order valence-electron chi connectivity index (χ2n) is 5.43. The molecule has 0 aliphatic carbocycles. The van der Waals surface area contributed by atoms with E-state index in [4.69, 9.17) is 9.47 Å². The molecule has 0 bridgehead atoms. The largest absolute Gasteiger partial charge is 0.493 e. The minimum atomic E-state index is -4.54. The number of methoxy groups -OCH3 is 2. The lowest BCUT2D eigenvalue weighted by atomic mass is 10.1. The van der Waals surface area contributed by atoms with Crippen LogP contribution in [-0.2, 0) is 0 Å². The number of imidazole rings is 1. The molecule has 136 valence electrons. The predicted octanol–water partition coefficient (Wildman–Crippen LogP) is 4.11. The summed E-state index contributed by atoms with van der Waals surface area (Å²) in [5.41, 5.74) is 0.413. The van der Waals surface area contributed by atoms with Crippen LogP contribution in [0.3, 0.4) is 0 Å². The van der Waals surface area contributed by atoms with E-state index < -0.39 is 12.2 Å². The zero-order valence-electron chi connectivity index (χ0n) is 14.1. The van der Waals surface area contributed by atoms with E-state index >= 15 is 0 Å². The molecule has 0 radical (unpaired) electrons. The zero-order chi connectivity index (χ0) is 18.7. The molecule has 0 amide bonds. The molecule has 1 aromatic carbocycles. The molecule has 3 rings (SSSR count). The number of aromatic nitrogens is 3. The molecule has 5 nitrogen and oxygen atoms in total. The lowest BCUT2D eigenvalue weighted by Crippen LogP contribution is -2.28. The first-order valence-electron chi connectivity index (χ1n) is 7.68. The monoisotopic (exact) mass is 363 g/mol. The minimum absolute atomic E-state index is 0.0149. The maximum Gasteiger partial charge on any atom is 0.413 e. The summed E-state index contributed by atoms with van der Waals surface area (Å²) < 4.78 is 53.2. The maximum atomic E-state index is 13.9. The van der Waals surface area contributed by atoms with Gasteiger partial charge < -0.3 is 14.0 Å². The predicted molar refractivity (Wildman–Crippen MR) is 89.2 cm³/mol. The number of halogens is 3. The average molecular weight is 363 g/mol. The Morgan fingerprint density at radius 2 is 1.85 bits per heavy atom. The first-order chi connectivity index (χ1) is 12.5. The van der Waals surface area contributed by atoms with Gasteiger partial charge in [0.2, 0.25) is 0 Å². The topological polar surface area (TPSA) is 49.2 Å². The van der Waals surface area contributed by atoms with Crippen LogP contribution in [0.2, 0.25) is 0 Å². The van der Waals surface area contributed by atoms with E-state index in [0.29, 0.717) is 17.1 Å². The highest BCUT2D eigenvalue weighted by Gasteiger charge is 2.43. The summed E-state index contributed by atoms with van der Waals surface area (Å²) in [7, 11) is 2.89. The van der Waals surface area contributed by atoms with Gasteiger partial charge in [0.15, 0.2) is 17.5 Å². The Balaban J connectivity index is 2.19. The number of pyridine rings is 1.